The van der Waals surface area contributed by atoms with Gasteiger partial charge in [0.2, 0.25) is 5.28 Å². The molecule has 0 aliphatic carbocycles. The number of sulfone groups is 1. The van der Waals surface area contributed by atoms with Gasteiger partial charge in [-0.1, -0.05) is 0 Å². The molecule has 23 heavy (non-hydrogen) atoms. The summed E-state index contributed by atoms with van der Waals surface area (Å²) in [7, 11) is -3.42. The summed E-state index contributed by atoms with van der Waals surface area (Å²) in [6, 6.07) is 0.0245. The van der Waals surface area contributed by atoms with Crippen LogP contribution in [0.15, 0.2) is 0 Å². The van der Waals surface area contributed by atoms with Crippen molar-refractivity contribution in [2.45, 2.75) is 37.7 Å². The zero-order chi connectivity index (χ0) is 17.0. The fourth-order valence-electron chi connectivity index (χ4n) is 2.84. The minimum absolute atomic E-state index is 0.0128. The highest BCUT2D eigenvalue weighted by Gasteiger charge is 2.44. The molecule has 0 bridgehead atoms. The molecule has 0 aromatic carbocycles. The van der Waals surface area contributed by atoms with Crippen molar-refractivity contribution >= 4 is 27.3 Å². The lowest BCUT2D eigenvalue weighted by molar-refractivity contribution is 0.0411. The number of anilines is 1. The van der Waals surface area contributed by atoms with Gasteiger partial charge in [-0.2, -0.15) is 4.98 Å². The number of fused-ring (bicyclic) bond motifs is 3. The zero-order valence-electron chi connectivity index (χ0n) is 13.5. The molecule has 2 atom stereocenters. The summed E-state index contributed by atoms with van der Waals surface area (Å²) < 4.78 is 34.7. The Morgan fingerprint density at radius 3 is 2.70 bits per heavy atom. The van der Waals surface area contributed by atoms with Crippen molar-refractivity contribution in [1.82, 2.24) is 9.97 Å². The van der Waals surface area contributed by atoms with Gasteiger partial charge in [-0.25, -0.2) is 13.4 Å². The van der Waals surface area contributed by atoms with Gasteiger partial charge >= 0.3 is 0 Å². The van der Waals surface area contributed by atoms with E-state index in [1.165, 1.54) is 6.26 Å². The summed E-state index contributed by atoms with van der Waals surface area (Å²) in [5.74, 6) is 0.943. The van der Waals surface area contributed by atoms with Crippen LogP contribution in [0.1, 0.15) is 26.5 Å². The normalized spacial score (nSPS) is 24.7. The molecule has 3 heterocycles. The maximum atomic E-state index is 12.2. The van der Waals surface area contributed by atoms with E-state index in [2.05, 4.69) is 14.9 Å². The average Bonchev–Trinajstić information content (AvgIpc) is 2.46. The fraction of sp³-hybridized carbons (Fsp3) is 0.714. The number of ether oxygens (including phenoxy) is 2. The van der Waals surface area contributed by atoms with Crippen molar-refractivity contribution in [3.8, 4) is 5.75 Å². The number of aromatic nitrogens is 2. The van der Waals surface area contributed by atoms with E-state index in [1.807, 2.05) is 6.92 Å². The lowest BCUT2D eigenvalue weighted by atomic mass is 10.0. The van der Waals surface area contributed by atoms with E-state index in [1.54, 1.807) is 13.8 Å². The maximum Gasteiger partial charge on any atom is 0.224 e. The molecule has 0 N–H and O–H groups in total. The number of rotatable bonds is 2. The summed E-state index contributed by atoms with van der Waals surface area (Å²) >= 11 is 6.08. The van der Waals surface area contributed by atoms with E-state index in [0.717, 1.165) is 0 Å². The first-order valence-electron chi connectivity index (χ1n) is 7.41. The van der Waals surface area contributed by atoms with E-state index in [-0.39, 0.29) is 17.4 Å². The van der Waals surface area contributed by atoms with Crippen LogP contribution < -0.4 is 9.64 Å². The molecule has 2 aliphatic rings. The predicted molar refractivity (Wildman–Crippen MR) is 87.0 cm³/mol. The number of morpholine rings is 1. The first-order chi connectivity index (χ1) is 10.6. The molecule has 0 spiro atoms. The van der Waals surface area contributed by atoms with Crippen LogP contribution in [0.25, 0.3) is 0 Å². The van der Waals surface area contributed by atoms with Gasteiger partial charge in [-0.05, 0) is 32.4 Å². The molecule has 9 heteroatoms. The van der Waals surface area contributed by atoms with Gasteiger partial charge in [0.25, 0.3) is 0 Å². The second kappa shape index (κ2) is 5.46. The van der Waals surface area contributed by atoms with Crippen molar-refractivity contribution in [3.63, 3.8) is 0 Å². The van der Waals surface area contributed by atoms with Gasteiger partial charge in [-0.3, -0.25) is 0 Å². The summed E-state index contributed by atoms with van der Waals surface area (Å²) in [6.07, 6.45) is 1.01. The van der Waals surface area contributed by atoms with Crippen LogP contribution in [0.2, 0.25) is 5.28 Å². The zero-order valence-corrected chi connectivity index (χ0v) is 15.1. The molecule has 0 amide bonds. The number of halogens is 1. The van der Waals surface area contributed by atoms with Crippen LogP contribution in [0, 0.1) is 0 Å². The highest BCUT2D eigenvalue weighted by molar-refractivity contribution is 7.91. The predicted octanol–water partition coefficient (Wildman–Crippen LogP) is 1.40. The van der Waals surface area contributed by atoms with Gasteiger partial charge < -0.3 is 14.4 Å². The Labute approximate surface area is 140 Å². The third kappa shape index (κ3) is 2.66. The van der Waals surface area contributed by atoms with Gasteiger partial charge in [-0.15, -0.1) is 0 Å². The maximum absolute atomic E-state index is 12.2. The summed E-state index contributed by atoms with van der Waals surface area (Å²) in [4.78, 5) is 10.6. The SMILES string of the molecule is CC1Oc2c(nc(Cl)nc2C(C)(C)S(C)(=O)=O)N2CCOCC12. The standard InChI is InChI=1S/C14H20ClN3O4S/c1-8-9-7-21-6-5-18(9)12-10(22-8)11(16-13(15)17-12)14(2,3)23(4,19)20/h8-9H,5-7H2,1-4H3. The Morgan fingerprint density at radius 2 is 2.04 bits per heavy atom. The molecule has 0 radical (unpaired) electrons. The Bertz CT molecular complexity index is 738. The van der Waals surface area contributed by atoms with Crippen LogP contribution in [0.5, 0.6) is 5.75 Å². The second-order valence-corrected chi connectivity index (χ2v) is 9.34. The van der Waals surface area contributed by atoms with Crippen molar-refractivity contribution in [2.75, 3.05) is 30.9 Å². The van der Waals surface area contributed by atoms with Crippen LogP contribution in [-0.4, -0.2) is 56.5 Å². The number of nitrogens with zero attached hydrogens (tertiary/aromatic N) is 3. The molecule has 1 fully saturated rings. The van der Waals surface area contributed by atoms with Crippen molar-refractivity contribution in [1.29, 1.82) is 0 Å². The molecule has 1 saturated heterocycles. The Kier molecular flexibility index (Phi) is 3.97. The fourth-order valence-corrected chi connectivity index (χ4v) is 3.49. The van der Waals surface area contributed by atoms with Gasteiger partial charge in [0.15, 0.2) is 21.4 Å². The van der Waals surface area contributed by atoms with Crippen molar-refractivity contribution in [3.05, 3.63) is 11.0 Å². The lowest BCUT2D eigenvalue weighted by Crippen LogP contribution is -2.56. The summed E-state index contributed by atoms with van der Waals surface area (Å²) in [5.41, 5.74) is 0.298. The second-order valence-electron chi connectivity index (χ2n) is 6.44. The average molecular weight is 362 g/mol. The molecule has 0 saturated carbocycles. The molecule has 7 nitrogen and oxygen atoms in total. The first-order valence-corrected chi connectivity index (χ1v) is 9.68. The summed E-state index contributed by atoms with van der Waals surface area (Å²) in [6.45, 7) is 6.89. The Morgan fingerprint density at radius 1 is 1.35 bits per heavy atom. The van der Waals surface area contributed by atoms with Crippen LogP contribution in [0.3, 0.4) is 0 Å². The molecule has 2 unspecified atom stereocenters. The largest absolute Gasteiger partial charge is 0.483 e. The third-order valence-corrected chi connectivity index (χ3v) is 6.82. The van der Waals surface area contributed by atoms with Gasteiger partial charge in [0.1, 0.15) is 16.5 Å². The Hall–Kier alpha value is -1.12. The van der Waals surface area contributed by atoms with Gasteiger partial charge in [0.05, 0.1) is 19.3 Å². The van der Waals surface area contributed by atoms with Gasteiger partial charge in [0, 0.05) is 12.8 Å². The molecular formula is C14H20ClN3O4S. The number of hydrogen-bond donors (Lipinski definition) is 0. The van der Waals surface area contributed by atoms with Crippen LogP contribution in [-0.2, 0) is 19.3 Å². The molecule has 1 aromatic rings. The lowest BCUT2D eigenvalue weighted by Gasteiger charge is -2.44. The molecule has 128 valence electrons. The number of hydrogen-bond acceptors (Lipinski definition) is 7. The highest BCUT2D eigenvalue weighted by atomic mass is 35.5. The monoisotopic (exact) mass is 361 g/mol. The van der Waals surface area contributed by atoms with E-state index >= 15 is 0 Å². The minimum Gasteiger partial charge on any atom is -0.483 e. The quantitative estimate of drug-likeness (QED) is 0.736. The Balaban J connectivity index is 2.21. The molecule has 3 rings (SSSR count). The third-order valence-electron chi connectivity index (χ3n) is 4.60. The van der Waals surface area contributed by atoms with Crippen LogP contribution in [0.4, 0.5) is 5.82 Å². The molecule has 1 aromatic heterocycles. The first kappa shape index (κ1) is 16.7. The van der Waals surface area contributed by atoms with Crippen molar-refractivity contribution < 1.29 is 17.9 Å². The topological polar surface area (TPSA) is 81.6 Å². The van der Waals surface area contributed by atoms with Crippen molar-refractivity contribution in [2.24, 2.45) is 0 Å². The van der Waals surface area contributed by atoms with E-state index < -0.39 is 14.6 Å². The minimum atomic E-state index is -3.42. The summed E-state index contributed by atoms with van der Waals surface area (Å²) in [5, 5.41) is 0.0128. The molecular weight excluding hydrogens is 342 g/mol. The molecule has 2 aliphatic heterocycles. The van der Waals surface area contributed by atoms with E-state index in [9.17, 15) is 8.42 Å². The van der Waals surface area contributed by atoms with Crippen LogP contribution >= 0.6 is 11.6 Å². The smallest absolute Gasteiger partial charge is 0.224 e. The highest BCUT2D eigenvalue weighted by Crippen LogP contribution is 2.44. The van der Waals surface area contributed by atoms with E-state index in [4.69, 9.17) is 21.1 Å². The van der Waals surface area contributed by atoms with E-state index in [0.29, 0.717) is 37.0 Å².